The third-order valence-corrected chi connectivity index (χ3v) is 6.08. The van der Waals surface area contributed by atoms with Crippen molar-refractivity contribution in [3.63, 3.8) is 0 Å². The average Bonchev–Trinajstić information content (AvgIpc) is 2.46. The lowest BCUT2D eigenvalue weighted by molar-refractivity contribution is 0.283. The average molecular weight is 286 g/mol. The van der Waals surface area contributed by atoms with E-state index in [0.29, 0.717) is 11.0 Å². The minimum atomic E-state index is 0.385. The molecule has 0 spiro atoms. The Labute approximate surface area is 125 Å². The van der Waals surface area contributed by atoms with Gasteiger partial charge in [0.05, 0.1) is 0 Å². The van der Waals surface area contributed by atoms with E-state index >= 15 is 0 Å². The summed E-state index contributed by atoms with van der Waals surface area (Å²) in [4.78, 5) is 1.31. The Morgan fingerprint density at radius 2 is 1.70 bits per heavy atom. The summed E-state index contributed by atoms with van der Waals surface area (Å²) in [6, 6.07) is 12.1. The summed E-state index contributed by atoms with van der Waals surface area (Å²) in [5.74, 6) is 2.07. The summed E-state index contributed by atoms with van der Waals surface area (Å²) in [6.45, 7) is 4.76. The topological polar surface area (TPSA) is 20.2 Å². The van der Waals surface area contributed by atoms with E-state index < -0.39 is 0 Å². The quantitative estimate of drug-likeness (QED) is 0.790. The van der Waals surface area contributed by atoms with E-state index in [0.717, 1.165) is 17.2 Å². The molecular formula is C18H22OS. The first-order valence-electron chi connectivity index (χ1n) is 7.52. The summed E-state index contributed by atoms with van der Waals surface area (Å²) in [6.07, 6.45) is 3.96. The highest BCUT2D eigenvalue weighted by atomic mass is 32.2. The maximum absolute atomic E-state index is 9.97. The molecular weight excluding hydrogens is 264 g/mol. The molecule has 1 aliphatic carbocycles. The van der Waals surface area contributed by atoms with Crippen LogP contribution in [-0.2, 0) is 0 Å². The van der Waals surface area contributed by atoms with E-state index in [1.54, 1.807) is 0 Å². The molecule has 0 aromatic heterocycles. The zero-order chi connectivity index (χ0) is 14.1. The lowest BCUT2D eigenvalue weighted by Crippen LogP contribution is -2.22. The number of aromatic hydroxyl groups is 1. The molecule has 3 unspecified atom stereocenters. The van der Waals surface area contributed by atoms with E-state index in [4.69, 9.17) is 0 Å². The van der Waals surface area contributed by atoms with Crippen molar-refractivity contribution in [1.82, 2.24) is 0 Å². The van der Waals surface area contributed by atoms with E-state index in [9.17, 15) is 5.11 Å². The molecule has 0 bridgehead atoms. The monoisotopic (exact) mass is 286 g/mol. The Kier molecular flexibility index (Phi) is 3.93. The Morgan fingerprint density at radius 1 is 0.950 bits per heavy atom. The number of benzene rings is 2. The first-order chi connectivity index (χ1) is 9.65. The Balaban J connectivity index is 1.86. The van der Waals surface area contributed by atoms with Gasteiger partial charge in [0.1, 0.15) is 5.75 Å². The van der Waals surface area contributed by atoms with Crippen LogP contribution in [0.4, 0.5) is 0 Å². The van der Waals surface area contributed by atoms with Crippen molar-refractivity contribution in [2.45, 2.75) is 43.3 Å². The molecule has 1 N–H and O–H groups in total. The van der Waals surface area contributed by atoms with Crippen LogP contribution in [0.2, 0.25) is 0 Å². The number of hydrogen-bond acceptors (Lipinski definition) is 2. The van der Waals surface area contributed by atoms with E-state index in [2.05, 4.69) is 32.0 Å². The van der Waals surface area contributed by atoms with Gasteiger partial charge in [0.25, 0.3) is 0 Å². The van der Waals surface area contributed by atoms with Crippen molar-refractivity contribution in [1.29, 1.82) is 0 Å². The first-order valence-corrected chi connectivity index (χ1v) is 8.40. The second kappa shape index (κ2) is 5.69. The Bertz CT molecular complexity index is 607. The van der Waals surface area contributed by atoms with Crippen LogP contribution in [-0.4, -0.2) is 10.4 Å². The fourth-order valence-electron chi connectivity index (χ4n) is 3.14. The van der Waals surface area contributed by atoms with E-state index in [1.165, 1.54) is 29.5 Å². The molecule has 3 rings (SSSR count). The first kappa shape index (κ1) is 13.8. The SMILES string of the molecule is CC1CCC(Sc2ccc(O)c3ccccc23)CC1C. The summed E-state index contributed by atoms with van der Waals surface area (Å²) in [5.41, 5.74) is 0. The molecule has 0 saturated heterocycles. The molecule has 0 amide bonds. The van der Waals surface area contributed by atoms with Gasteiger partial charge in [-0.25, -0.2) is 0 Å². The van der Waals surface area contributed by atoms with E-state index in [1.807, 2.05) is 30.0 Å². The molecule has 0 radical (unpaired) electrons. The summed E-state index contributed by atoms with van der Waals surface area (Å²) >= 11 is 2.00. The number of fused-ring (bicyclic) bond motifs is 1. The van der Waals surface area contributed by atoms with E-state index in [-0.39, 0.29) is 0 Å². The van der Waals surface area contributed by atoms with Gasteiger partial charge in [0.2, 0.25) is 0 Å². The maximum Gasteiger partial charge on any atom is 0.123 e. The summed E-state index contributed by atoms with van der Waals surface area (Å²) in [7, 11) is 0. The lowest BCUT2D eigenvalue weighted by Gasteiger charge is -2.31. The molecule has 2 aromatic rings. The minimum Gasteiger partial charge on any atom is -0.507 e. The van der Waals surface area contributed by atoms with Crippen LogP contribution < -0.4 is 0 Å². The molecule has 1 aliphatic rings. The van der Waals surface area contributed by atoms with Gasteiger partial charge in [-0.15, -0.1) is 11.8 Å². The van der Waals surface area contributed by atoms with Crippen LogP contribution in [0.5, 0.6) is 5.75 Å². The van der Waals surface area contributed by atoms with Crippen LogP contribution in [0.15, 0.2) is 41.3 Å². The predicted octanol–water partition coefficient (Wildman–Crippen LogP) is 5.46. The van der Waals surface area contributed by atoms with Crippen LogP contribution >= 0.6 is 11.8 Å². The zero-order valence-corrected chi connectivity index (χ0v) is 13.0. The standard InChI is InChI=1S/C18H22OS/c1-12-7-8-14(11-13(12)2)20-18-10-9-17(19)15-5-3-4-6-16(15)18/h3-6,9-10,12-14,19H,7-8,11H2,1-2H3. The van der Waals surface area contributed by atoms with Crippen molar-refractivity contribution in [3.8, 4) is 5.75 Å². The lowest BCUT2D eigenvalue weighted by atomic mass is 9.81. The minimum absolute atomic E-state index is 0.385. The molecule has 20 heavy (non-hydrogen) atoms. The largest absolute Gasteiger partial charge is 0.507 e. The second-order valence-electron chi connectivity index (χ2n) is 6.14. The van der Waals surface area contributed by atoms with Crippen LogP contribution in [0.3, 0.4) is 0 Å². The smallest absolute Gasteiger partial charge is 0.123 e. The highest BCUT2D eigenvalue weighted by Gasteiger charge is 2.25. The van der Waals surface area contributed by atoms with Gasteiger partial charge in [-0.1, -0.05) is 38.1 Å². The maximum atomic E-state index is 9.97. The molecule has 1 fully saturated rings. The number of rotatable bonds is 2. The molecule has 2 aromatic carbocycles. The number of thioether (sulfide) groups is 1. The van der Waals surface area contributed by atoms with Gasteiger partial charge in [-0.3, -0.25) is 0 Å². The van der Waals surface area contributed by atoms with Crippen molar-refractivity contribution in [2.24, 2.45) is 11.8 Å². The van der Waals surface area contributed by atoms with Crippen LogP contribution in [0.1, 0.15) is 33.1 Å². The van der Waals surface area contributed by atoms with Crippen molar-refractivity contribution < 1.29 is 5.11 Å². The van der Waals surface area contributed by atoms with Crippen molar-refractivity contribution in [3.05, 3.63) is 36.4 Å². The fraction of sp³-hybridized carbons (Fsp3) is 0.444. The van der Waals surface area contributed by atoms with Gasteiger partial charge >= 0.3 is 0 Å². The van der Waals surface area contributed by atoms with Crippen LogP contribution in [0.25, 0.3) is 10.8 Å². The van der Waals surface area contributed by atoms with Gasteiger partial charge in [-0.2, -0.15) is 0 Å². The predicted molar refractivity (Wildman–Crippen MR) is 87.4 cm³/mol. The highest BCUT2D eigenvalue weighted by molar-refractivity contribution is 8.00. The normalized spacial score (nSPS) is 26.8. The molecule has 106 valence electrons. The highest BCUT2D eigenvalue weighted by Crippen LogP contribution is 2.42. The fourth-order valence-corrected chi connectivity index (χ4v) is 4.61. The molecule has 2 heteroatoms. The molecule has 1 saturated carbocycles. The molecule has 0 heterocycles. The van der Waals surface area contributed by atoms with Gasteiger partial charge < -0.3 is 5.11 Å². The Morgan fingerprint density at radius 3 is 2.45 bits per heavy atom. The molecule has 3 atom stereocenters. The number of phenolic OH excluding ortho intramolecular Hbond substituents is 1. The van der Waals surface area contributed by atoms with Gasteiger partial charge in [0, 0.05) is 15.5 Å². The third kappa shape index (κ3) is 2.67. The molecule has 0 aliphatic heterocycles. The zero-order valence-electron chi connectivity index (χ0n) is 12.2. The second-order valence-corrected chi connectivity index (χ2v) is 7.48. The van der Waals surface area contributed by atoms with Crippen molar-refractivity contribution in [2.75, 3.05) is 0 Å². The Hall–Kier alpha value is -1.15. The number of hydrogen-bond donors (Lipinski definition) is 1. The van der Waals surface area contributed by atoms with Crippen LogP contribution in [0, 0.1) is 11.8 Å². The van der Waals surface area contributed by atoms with Gasteiger partial charge in [0.15, 0.2) is 0 Å². The summed E-state index contributed by atoms with van der Waals surface area (Å²) < 4.78 is 0. The van der Waals surface area contributed by atoms with Crippen molar-refractivity contribution >= 4 is 22.5 Å². The molecule has 1 nitrogen and oxygen atoms in total. The summed E-state index contributed by atoms with van der Waals surface area (Å²) in [5, 5.41) is 12.8. The van der Waals surface area contributed by atoms with Gasteiger partial charge in [-0.05, 0) is 48.6 Å². The third-order valence-electron chi connectivity index (χ3n) is 4.70. The number of phenols is 1.